The summed E-state index contributed by atoms with van der Waals surface area (Å²) in [5.41, 5.74) is 2.62. The van der Waals surface area contributed by atoms with Gasteiger partial charge in [-0.05, 0) is 30.2 Å². The van der Waals surface area contributed by atoms with Gasteiger partial charge in [-0.15, -0.1) is 0 Å². The lowest BCUT2D eigenvalue weighted by molar-refractivity contribution is 0.112. The minimum absolute atomic E-state index is 0.115. The van der Waals surface area contributed by atoms with Crippen LogP contribution in [0.25, 0.3) is 0 Å². The summed E-state index contributed by atoms with van der Waals surface area (Å²) in [6.45, 7) is 3.09. The molecule has 0 aliphatic carbocycles. The average molecular weight is 205 g/mol. The Labute approximate surface area is 89.4 Å². The maximum absolute atomic E-state index is 5.68. The van der Waals surface area contributed by atoms with Crippen LogP contribution in [0.2, 0.25) is 0 Å². The Morgan fingerprint density at radius 2 is 2.40 bits per heavy atom. The fraction of sp³-hybridized carbons (Fsp3) is 0.500. The van der Waals surface area contributed by atoms with Gasteiger partial charge in [0.05, 0.1) is 13.7 Å². The first-order valence-electron chi connectivity index (χ1n) is 5.31. The number of hydrogen-bond acceptors (Lipinski definition) is 3. The van der Waals surface area contributed by atoms with E-state index in [4.69, 9.17) is 9.47 Å². The number of ether oxygens (including phenoxy) is 2. The Morgan fingerprint density at radius 3 is 3.20 bits per heavy atom. The second kappa shape index (κ2) is 2.89. The molecule has 0 bridgehead atoms. The summed E-state index contributed by atoms with van der Waals surface area (Å²) in [7, 11) is 1.70. The molecule has 1 aromatic rings. The van der Waals surface area contributed by atoms with Crippen molar-refractivity contribution >= 4 is 5.69 Å². The Morgan fingerprint density at radius 1 is 1.53 bits per heavy atom. The number of hydrogen-bond donors (Lipinski definition) is 1. The molecule has 2 heterocycles. The van der Waals surface area contributed by atoms with Crippen LogP contribution in [-0.4, -0.2) is 19.9 Å². The molecule has 3 heteroatoms. The molecule has 0 aromatic heterocycles. The largest absolute Gasteiger partial charge is 0.497 e. The molecule has 1 N–H and O–H groups in total. The quantitative estimate of drug-likeness (QED) is 0.761. The van der Waals surface area contributed by atoms with Gasteiger partial charge in [-0.3, -0.25) is 0 Å². The molecular weight excluding hydrogens is 190 g/mol. The van der Waals surface area contributed by atoms with Gasteiger partial charge in [-0.1, -0.05) is 6.92 Å². The molecule has 2 aliphatic heterocycles. The van der Waals surface area contributed by atoms with E-state index in [0.29, 0.717) is 0 Å². The molecule has 3 nitrogen and oxygen atoms in total. The topological polar surface area (TPSA) is 30.5 Å². The summed E-state index contributed by atoms with van der Waals surface area (Å²) in [5.74, 6) is 0.921. The third-order valence-electron chi connectivity index (χ3n) is 3.61. The number of fused-ring (bicyclic) bond motifs is 3. The summed E-state index contributed by atoms with van der Waals surface area (Å²) < 4.78 is 10.9. The van der Waals surface area contributed by atoms with Gasteiger partial charge < -0.3 is 14.8 Å². The summed E-state index contributed by atoms with van der Waals surface area (Å²) in [6.07, 6.45) is 1.21. The number of anilines is 1. The van der Waals surface area contributed by atoms with Gasteiger partial charge in [0.1, 0.15) is 12.0 Å². The Balaban J connectivity index is 2.11. The molecule has 2 aliphatic rings. The lowest BCUT2D eigenvalue weighted by atomic mass is 9.82. The fourth-order valence-electron chi connectivity index (χ4n) is 2.57. The van der Waals surface area contributed by atoms with Crippen molar-refractivity contribution in [2.24, 2.45) is 0 Å². The summed E-state index contributed by atoms with van der Waals surface area (Å²) in [5, 5.41) is 3.41. The van der Waals surface area contributed by atoms with E-state index in [-0.39, 0.29) is 11.6 Å². The number of methoxy groups -OCH3 is 1. The van der Waals surface area contributed by atoms with E-state index < -0.39 is 0 Å². The third-order valence-corrected chi connectivity index (χ3v) is 3.61. The predicted octanol–water partition coefficient (Wildman–Crippen LogP) is 2.12. The maximum Gasteiger partial charge on any atom is 0.137 e. The van der Waals surface area contributed by atoms with Crippen molar-refractivity contribution < 1.29 is 9.47 Å². The highest BCUT2D eigenvalue weighted by Crippen LogP contribution is 2.48. The van der Waals surface area contributed by atoms with Crippen LogP contribution in [0, 0.1) is 0 Å². The van der Waals surface area contributed by atoms with Crippen molar-refractivity contribution in [1.29, 1.82) is 0 Å². The highest BCUT2D eigenvalue weighted by Gasteiger charge is 2.47. The first-order valence-corrected chi connectivity index (χ1v) is 5.31. The van der Waals surface area contributed by atoms with Crippen LogP contribution in [-0.2, 0) is 10.2 Å². The minimum atomic E-state index is 0.115. The number of rotatable bonds is 1. The zero-order chi connectivity index (χ0) is 10.5. The molecule has 0 spiro atoms. The Bertz CT molecular complexity index is 405. The van der Waals surface area contributed by atoms with Crippen LogP contribution in [0.1, 0.15) is 18.9 Å². The lowest BCUT2D eigenvalue weighted by Crippen LogP contribution is -2.31. The highest BCUT2D eigenvalue weighted by atomic mass is 16.5. The number of benzene rings is 1. The molecule has 1 saturated heterocycles. The van der Waals surface area contributed by atoms with Crippen LogP contribution in [0.15, 0.2) is 18.2 Å². The SMILES string of the molecule is COc1ccc2c(c1)[C@]1(C)CCO[C@@H]1N2. The van der Waals surface area contributed by atoms with Crippen molar-refractivity contribution in [3.05, 3.63) is 23.8 Å². The maximum atomic E-state index is 5.68. The third kappa shape index (κ3) is 1.10. The van der Waals surface area contributed by atoms with Gasteiger partial charge in [0.2, 0.25) is 0 Å². The van der Waals surface area contributed by atoms with Crippen LogP contribution < -0.4 is 10.1 Å². The molecule has 0 amide bonds. The fourth-order valence-corrected chi connectivity index (χ4v) is 2.57. The summed E-state index contributed by atoms with van der Waals surface area (Å²) in [6, 6.07) is 6.17. The van der Waals surface area contributed by atoms with Gasteiger partial charge in [0, 0.05) is 11.1 Å². The Kier molecular flexibility index (Phi) is 1.74. The van der Waals surface area contributed by atoms with Crippen LogP contribution >= 0.6 is 0 Å². The highest BCUT2D eigenvalue weighted by molar-refractivity contribution is 5.63. The molecule has 1 fully saturated rings. The van der Waals surface area contributed by atoms with Crippen molar-refractivity contribution in [1.82, 2.24) is 0 Å². The van der Waals surface area contributed by atoms with Crippen LogP contribution in [0.3, 0.4) is 0 Å². The summed E-state index contributed by atoms with van der Waals surface area (Å²) >= 11 is 0. The molecular formula is C12H15NO2. The van der Waals surface area contributed by atoms with E-state index in [1.165, 1.54) is 11.3 Å². The van der Waals surface area contributed by atoms with Gasteiger partial charge >= 0.3 is 0 Å². The first-order chi connectivity index (χ1) is 7.24. The van der Waals surface area contributed by atoms with Crippen molar-refractivity contribution in [2.45, 2.75) is 25.0 Å². The van der Waals surface area contributed by atoms with E-state index in [0.717, 1.165) is 18.8 Å². The van der Waals surface area contributed by atoms with Gasteiger partial charge in [-0.25, -0.2) is 0 Å². The molecule has 0 radical (unpaired) electrons. The predicted molar refractivity (Wildman–Crippen MR) is 58.3 cm³/mol. The molecule has 1 aromatic carbocycles. The van der Waals surface area contributed by atoms with E-state index >= 15 is 0 Å². The van der Waals surface area contributed by atoms with Crippen molar-refractivity contribution in [3.63, 3.8) is 0 Å². The average Bonchev–Trinajstić information content (AvgIpc) is 2.72. The zero-order valence-corrected chi connectivity index (χ0v) is 9.04. The van der Waals surface area contributed by atoms with Crippen LogP contribution in [0.4, 0.5) is 5.69 Å². The van der Waals surface area contributed by atoms with Gasteiger partial charge in [-0.2, -0.15) is 0 Å². The normalized spacial score (nSPS) is 32.0. The minimum Gasteiger partial charge on any atom is -0.497 e. The van der Waals surface area contributed by atoms with Crippen LogP contribution in [0.5, 0.6) is 5.75 Å². The summed E-state index contributed by atoms with van der Waals surface area (Å²) in [4.78, 5) is 0. The molecule has 15 heavy (non-hydrogen) atoms. The number of nitrogens with one attached hydrogen (secondary N) is 1. The van der Waals surface area contributed by atoms with Gasteiger partial charge in [0.15, 0.2) is 0 Å². The second-order valence-corrected chi connectivity index (χ2v) is 4.47. The smallest absolute Gasteiger partial charge is 0.137 e. The molecule has 0 saturated carbocycles. The molecule has 2 atom stereocenters. The molecule has 3 rings (SSSR count). The van der Waals surface area contributed by atoms with E-state index in [2.05, 4.69) is 24.4 Å². The standard InChI is InChI=1S/C12H15NO2/c1-12-5-6-15-11(12)13-10-4-3-8(14-2)7-9(10)12/h3-4,7,11,13H,5-6H2,1-2H3/t11-,12-/m0/s1. The van der Waals surface area contributed by atoms with Crippen molar-refractivity contribution in [2.75, 3.05) is 19.0 Å². The van der Waals surface area contributed by atoms with E-state index in [9.17, 15) is 0 Å². The van der Waals surface area contributed by atoms with E-state index in [1.807, 2.05) is 6.07 Å². The van der Waals surface area contributed by atoms with E-state index in [1.54, 1.807) is 7.11 Å². The first kappa shape index (κ1) is 9.04. The zero-order valence-electron chi connectivity index (χ0n) is 9.04. The van der Waals surface area contributed by atoms with Gasteiger partial charge in [0.25, 0.3) is 0 Å². The van der Waals surface area contributed by atoms with Crippen molar-refractivity contribution in [3.8, 4) is 5.75 Å². The second-order valence-electron chi connectivity index (χ2n) is 4.47. The Hall–Kier alpha value is -1.22. The molecule has 80 valence electrons. The monoisotopic (exact) mass is 205 g/mol. The lowest BCUT2D eigenvalue weighted by Gasteiger charge is -2.22. The molecule has 0 unspecified atom stereocenters.